The Balaban J connectivity index is 0.000000850. The van der Waals surface area contributed by atoms with Crippen LogP contribution in [0.5, 0.6) is 0 Å². The summed E-state index contributed by atoms with van der Waals surface area (Å²) in [4.78, 5) is 35.0. The Morgan fingerprint density at radius 3 is 2.35 bits per heavy atom. The molecule has 1 N–H and O–H groups in total. The fraction of sp³-hybridized carbons (Fsp3) is 0.344. The van der Waals surface area contributed by atoms with E-state index in [1.54, 1.807) is 41.1 Å². The molecule has 3 heterocycles. The number of aromatic carboxylic acids is 1. The molecule has 2 aliphatic heterocycles. The molecule has 6 rings (SSSR count). The van der Waals surface area contributed by atoms with Crippen molar-refractivity contribution in [3.05, 3.63) is 88.0 Å². The molecule has 3 aromatic carbocycles. The summed E-state index contributed by atoms with van der Waals surface area (Å²) in [5.41, 5.74) is 4.30. The standard InChI is InChI=1S/C29H29ClFN5O3.C3H6O/c1-18-4-7-25(23(30)12-18)33(2)22-14-20(13-21(31)16-22)28(37)36-10-8-35(9-11-36)17-27-32-24-6-5-19(29(38)39)15-26(24)34(27)3;1-2-4-3-1/h4-7,12-16H,8-11,17H2,1-3H3,(H,38,39);1-3H2. The summed E-state index contributed by atoms with van der Waals surface area (Å²) in [6, 6.07) is 14.9. The Hall–Kier alpha value is -3.99. The first-order chi connectivity index (χ1) is 20.6. The number of nitrogens with zero attached hydrogens (tertiary/aromatic N) is 5. The number of aryl methyl sites for hydroxylation is 2. The van der Waals surface area contributed by atoms with Crippen molar-refractivity contribution in [2.45, 2.75) is 19.9 Å². The predicted molar refractivity (Wildman–Crippen MR) is 165 cm³/mol. The van der Waals surface area contributed by atoms with Gasteiger partial charge in [-0.05, 0) is 67.4 Å². The molecule has 43 heavy (non-hydrogen) atoms. The third-order valence-corrected chi connectivity index (χ3v) is 8.11. The number of rotatable bonds is 6. The first-order valence-electron chi connectivity index (χ1n) is 14.2. The quantitative estimate of drug-likeness (QED) is 0.309. The highest BCUT2D eigenvalue weighted by atomic mass is 35.5. The molecule has 2 saturated heterocycles. The molecule has 2 fully saturated rings. The lowest BCUT2D eigenvalue weighted by Crippen LogP contribution is -2.48. The van der Waals surface area contributed by atoms with Crippen molar-refractivity contribution in [3.8, 4) is 0 Å². The summed E-state index contributed by atoms with van der Waals surface area (Å²) < 4.78 is 21.2. The number of hydrogen-bond acceptors (Lipinski definition) is 6. The van der Waals surface area contributed by atoms with E-state index in [0.29, 0.717) is 43.4 Å². The molecule has 226 valence electrons. The molecule has 1 aromatic heterocycles. The van der Waals surface area contributed by atoms with Crippen LogP contribution in [0.4, 0.5) is 15.8 Å². The predicted octanol–water partition coefficient (Wildman–Crippen LogP) is 5.51. The van der Waals surface area contributed by atoms with Gasteiger partial charge in [-0.3, -0.25) is 9.69 Å². The van der Waals surface area contributed by atoms with E-state index >= 15 is 0 Å². The second-order valence-corrected chi connectivity index (χ2v) is 11.2. The van der Waals surface area contributed by atoms with Gasteiger partial charge in [0.15, 0.2) is 0 Å². The SMILES string of the molecule is C1COC1.Cc1ccc(N(C)c2cc(F)cc(C(=O)N3CCN(Cc4nc5ccc(C(=O)O)cc5n4C)CC3)c2)c(Cl)c1. The molecule has 1 amide bonds. The number of halogens is 2. The molecule has 0 atom stereocenters. The van der Waals surface area contributed by atoms with E-state index in [1.807, 2.05) is 36.7 Å². The number of benzene rings is 3. The van der Waals surface area contributed by atoms with Gasteiger partial charge in [0.25, 0.3) is 5.91 Å². The van der Waals surface area contributed by atoms with Gasteiger partial charge in [-0.2, -0.15) is 0 Å². The number of piperazine rings is 1. The summed E-state index contributed by atoms with van der Waals surface area (Å²) in [5, 5.41) is 9.84. The summed E-state index contributed by atoms with van der Waals surface area (Å²) in [5.74, 6) is -0.864. The second-order valence-electron chi connectivity index (χ2n) is 10.8. The van der Waals surface area contributed by atoms with Gasteiger partial charge in [0.1, 0.15) is 11.6 Å². The second kappa shape index (κ2) is 13.1. The zero-order valence-electron chi connectivity index (χ0n) is 24.5. The third kappa shape index (κ3) is 6.98. The highest BCUT2D eigenvalue weighted by Crippen LogP contribution is 2.32. The van der Waals surface area contributed by atoms with Crippen molar-refractivity contribution >= 4 is 45.9 Å². The fourth-order valence-electron chi connectivity index (χ4n) is 5.06. The summed E-state index contributed by atoms with van der Waals surface area (Å²) >= 11 is 6.42. The van der Waals surface area contributed by atoms with Crippen LogP contribution in [0, 0.1) is 12.7 Å². The number of amides is 1. The van der Waals surface area contributed by atoms with Crippen LogP contribution in [0.25, 0.3) is 11.0 Å². The van der Waals surface area contributed by atoms with Crippen LogP contribution in [-0.4, -0.2) is 82.8 Å². The van der Waals surface area contributed by atoms with Gasteiger partial charge >= 0.3 is 5.97 Å². The van der Waals surface area contributed by atoms with Crippen LogP contribution in [0.2, 0.25) is 5.02 Å². The molecule has 0 radical (unpaired) electrons. The van der Waals surface area contributed by atoms with Gasteiger partial charge < -0.3 is 24.2 Å². The number of carbonyl (C=O) groups is 2. The number of aromatic nitrogens is 2. The Bertz CT molecular complexity index is 1640. The molecule has 0 bridgehead atoms. The lowest BCUT2D eigenvalue weighted by atomic mass is 10.1. The minimum absolute atomic E-state index is 0.220. The Morgan fingerprint density at radius 1 is 1.02 bits per heavy atom. The Morgan fingerprint density at radius 2 is 1.72 bits per heavy atom. The van der Waals surface area contributed by atoms with E-state index in [0.717, 1.165) is 41.3 Å². The maximum Gasteiger partial charge on any atom is 0.335 e. The van der Waals surface area contributed by atoms with Gasteiger partial charge in [0, 0.05) is 64.7 Å². The zero-order valence-corrected chi connectivity index (χ0v) is 25.3. The number of anilines is 2. The maximum atomic E-state index is 14.6. The first-order valence-corrected chi connectivity index (χ1v) is 14.6. The highest BCUT2D eigenvalue weighted by Gasteiger charge is 2.25. The van der Waals surface area contributed by atoms with Crippen LogP contribution < -0.4 is 4.90 Å². The molecule has 0 saturated carbocycles. The summed E-state index contributed by atoms with van der Waals surface area (Å²) in [7, 11) is 3.67. The zero-order chi connectivity index (χ0) is 30.7. The van der Waals surface area contributed by atoms with E-state index in [2.05, 4.69) is 9.88 Å². The van der Waals surface area contributed by atoms with Gasteiger partial charge in [-0.15, -0.1) is 0 Å². The number of fused-ring (bicyclic) bond motifs is 1. The Labute approximate surface area is 255 Å². The monoisotopic (exact) mass is 607 g/mol. The average molecular weight is 608 g/mol. The van der Waals surface area contributed by atoms with E-state index in [1.165, 1.54) is 18.6 Å². The molecule has 0 unspecified atom stereocenters. The van der Waals surface area contributed by atoms with Crippen LogP contribution in [0.1, 0.15) is 38.5 Å². The summed E-state index contributed by atoms with van der Waals surface area (Å²) in [6.07, 6.45) is 1.28. The molecule has 2 aliphatic rings. The van der Waals surface area contributed by atoms with Gasteiger partial charge in [0.2, 0.25) is 0 Å². The largest absolute Gasteiger partial charge is 0.478 e. The van der Waals surface area contributed by atoms with Crippen molar-refractivity contribution in [1.82, 2.24) is 19.4 Å². The van der Waals surface area contributed by atoms with E-state index in [9.17, 15) is 19.1 Å². The van der Waals surface area contributed by atoms with Crippen molar-refractivity contribution in [2.24, 2.45) is 7.05 Å². The smallest absolute Gasteiger partial charge is 0.335 e. The van der Waals surface area contributed by atoms with Gasteiger partial charge in [-0.25, -0.2) is 14.2 Å². The lowest BCUT2D eigenvalue weighted by molar-refractivity contribution is 0.0367. The average Bonchev–Trinajstić information content (AvgIpc) is 3.25. The van der Waals surface area contributed by atoms with E-state index in [4.69, 9.17) is 16.3 Å². The molecule has 4 aromatic rings. The normalized spacial score (nSPS) is 15.0. The number of carboxylic acid groups (broad SMARTS) is 1. The van der Waals surface area contributed by atoms with Crippen molar-refractivity contribution in [2.75, 3.05) is 51.3 Å². The van der Waals surface area contributed by atoms with Crippen LogP contribution in [0.15, 0.2) is 54.6 Å². The third-order valence-electron chi connectivity index (χ3n) is 7.80. The topological polar surface area (TPSA) is 91.1 Å². The van der Waals surface area contributed by atoms with Crippen LogP contribution in [-0.2, 0) is 18.3 Å². The van der Waals surface area contributed by atoms with Crippen LogP contribution in [0.3, 0.4) is 0 Å². The molecular weight excluding hydrogens is 573 g/mol. The van der Waals surface area contributed by atoms with Crippen molar-refractivity contribution in [3.63, 3.8) is 0 Å². The molecule has 0 spiro atoms. The van der Waals surface area contributed by atoms with Gasteiger partial charge in [-0.1, -0.05) is 17.7 Å². The Kier molecular flexibility index (Phi) is 9.29. The molecule has 9 nitrogen and oxygen atoms in total. The van der Waals surface area contributed by atoms with Crippen molar-refractivity contribution in [1.29, 1.82) is 0 Å². The van der Waals surface area contributed by atoms with Crippen LogP contribution >= 0.6 is 11.6 Å². The van der Waals surface area contributed by atoms with Gasteiger partial charge in [0.05, 0.1) is 33.9 Å². The first kappa shape index (κ1) is 30.5. The lowest BCUT2D eigenvalue weighted by Gasteiger charge is -2.34. The molecular formula is C32H35ClFN5O4. The maximum absolute atomic E-state index is 14.6. The number of carbonyl (C=O) groups excluding carboxylic acids is 1. The number of ether oxygens (including phenoxy) is 1. The van der Waals surface area contributed by atoms with E-state index < -0.39 is 11.8 Å². The minimum atomic E-state index is -0.976. The summed E-state index contributed by atoms with van der Waals surface area (Å²) in [6.45, 7) is 6.78. The molecule has 11 heteroatoms. The van der Waals surface area contributed by atoms with E-state index in [-0.39, 0.29) is 17.0 Å². The highest BCUT2D eigenvalue weighted by molar-refractivity contribution is 6.33. The number of imidazole rings is 1. The number of carboxylic acids is 1. The van der Waals surface area contributed by atoms with Crippen molar-refractivity contribution < 1.29 is 23.8 Å². The fourth-order valence-corrected chi connectivity index (χ4v) is 5.43. The minimum Gasteiger partial charge on any atom is -0.478 e. The molecule has 0 aliphatic carbocycles. The number of hydrogen-bond donors (Lipinski definition) is 1.